The van der Waals surface area contributed by atoms with Gasteiger partial charge >= 0.3 is 5.97 Å². The first-order valence-corrected chi connectivity index (χ1v) is 7.91. The van der Waals surface area contributed by atoms with Gasteiger partial charge in [-0.1, -0.05) is 18.2 Å². The summed E-state index contributed by atoms with van der Waals surface area (Å²) in [6.45, 7) is 0. The minimum Gasteiger partial charge on any atom is -0.465 e. The summed E-state index contributed by atoms with van der Waals surface area (Å²) < 4.78 is 4.63. The summed E-state index contributed by atoms with van der Waals surface area (Å²) >= 11 is 0. The third-order valence-electron chi connectivity index (χ3n) is 4.21. The number of carbonyl (C=O) groups is 3. The number of benzene rings is 2. The minimum atomic E-state index is -1.03. The van der Waals surface area contributed by atoms with Crippen molar-refractivity contribution in [3.63, 3.8) is 0 Å². The van der Waals surface area contributed by atoms with Crippen molar-refractivity contribution in [1.82, 2.24) is 0 Å². The smallest absolute Gasteiger partial charge is 0.337 e. The fourth-order valence-corrected chi connectivity index (χ4v) is 2.51. The summed E-state index contributed by atoms with van der Waals surface area (Å²) in [6, 6.07) is 15.4. The van der Waals surface area contributed by atoms with Gasteiger partial charge in [-0.25, -0.2) is 4.79 Å². The van der Waals surface area contributed by atoms with E-state index < -0.39 is 11.4 Å². The Balaban J connectivity index is 1.66. The molecular formula is C19H18N2O4. The van der Waals surface area contributed by atoms with Crippen LogP contribution in [0, 0.1) is 5.41 Å². The maximum absolute atomic E-state index is 12.5. The highest BCUT2D eigenvalue weighted by Crippen LogP contribution is 2.47. The molecule has 2 amide bonds. The van der Waals surface area contributed by atoms with Crippen LogP contribution < -0.4 is 10.6 Å². The van der Waals surface area contributed by atoms with E-state index in [4.69, 9.17) is 0 Å². The van der Waals surface area contributed by atoms with Crippen LogP contribution in [0.25, 0.3) is 0 Å². The quantitative estimate of drug-likeness (QED) is 0.648. The highest BCUT2D eigenvalue weighted by molar-refractivity contribution is 6.16. The van der Waals surface area contributed by atoms with Crippen molar-refractivity contribution in [2.75, 3.05) is 17.7 Å². The Hall–Kier alpha value is -3.15. The lowest BCUT2D eigenvalue weighted by atomic mass is 10.0. The zero-order valence-electron chi connectivity index (χ0n) is 13.7. The number of esters is 1. The van der Waals surface area contributed by atoms with E-state index in [1.54, 1.807) is 36.4 Å². The molecule has 0 radical (unpaired) electrons. The van der Waals surface area contributed by atoms with Crippen LogP contribution in [0.3, 0.4) is 0 Å². The number of amides is 2. The van der Waals surface area contributed by atoms with Gasteiger partial charge in [-0.15, -0.1) is 0 Å². The zero-order chi connectivity index (χ0) is 17.9. The summed E-state index contributed by atoms with van der Waals surface area (Å²) in [5.41, 5.74) is 0.547. The first kappa shape index (κ1) is 16.7. The second kappa shape index (κ2) is 6.76. The molecule has 0 heterocycles. The predicted octanol–water partition coefficient (Wildman–Crippen LogP) is 2.83. The van der Waals surface area contributed by atoms with Crippen molar-refractivity contribution < 1.29 is 19.1 Å². The van der Waals surface area contributed by atoms with Gasteiger partial charge in [0, 0.05) is 11.4 Å². The molecule has 0 spiro atoms. The SMILES string of the molecule is COC(=O)c1ccc(NC(=O)C2(C(=O)Nc3ccccc3)CC2)cc1. The fraction of sp³-hybridized carbons (Fsp3) is 0.211. The highest BCUT2D eigenvalue weighted by Gasteiger charge is 2.56. The van der Waals surface area contributed by atoms with Crippen LogP contribution in [0.4, 0.5) is 11.4 Å². The fourth-order valence-electron chi connectivity index (χ4n) is 2.51. The van der Waals surface area contributed by atoms with E-state index in [0.29, 0.717) is 29.8 Å². The summed E-state index contributed by atoms with van der Waals surface area (Å²) in [4.78, 5) is 36.4. The molecule has 1 aliphatic carbocycles. The molecule has 3 rings (SSSR count). The van der Waals surface area contributed by atoms with E-state index in [2.05, 4.69) is 15.4 Å². The van der Waals surface area contributed by atoms with E-state index in [-0.39, 0.29) is 11.8 Å². The number of nitrogens with one attached hydrogen (secondary N) is 2. The number of hydrogen-bond acceptors (Lipinski definition) is 4. The zero-order valence-corrected chi connectivity index (χ0v) is 13.7. The first-order valence-electron chi connectivity index (χ1n) is 7.91. The minimum absolute atomic E-state index is 0.303. The van der Waals surface area contributed by atoms with Gasteiger partial charge in [-0.05, 0) is 49.2 Å². The number of hydrogen-bond donors (Lipinski definition) is 2. The van der Waals surface area contributed by atoms with E-state index in [9.17, 15) is 14.4 Å². The van der Waals surface area contributed by atoms with Crippen LogP contribution >= 0.6 is 0 Å². The molecule has 6 nitrogen and oxygen atoms in total. The number of anilines is 2. The Labute approximate surface area is 145 Å². The maximum atomic E-state index is 12.5. The second-order valence-corrected chi connectivity index (χ2v) is 5.93. The molecule has 25 heavy (non-hydrogen) atoms. The van der Waals surface area contributed by atoms with Gasteiger partial charge in [-0.3, -0.25) is 9.59 Å². The van der Waals surface area contributed by atoms with E-state index in [0.717, 1.165) is 0 Å². The van der Waals surface area contributed by atoms with Crippen LogP contribution in [0.5, 0.6) is 0 Å². The van der Waals surface area contributed by atoms with Crippen molar-refractivity contribution in [2.24, 2.45) is 5.41 Å². The van der Waals surface area contributed by atoms with Crippen LogP contribution in [0.2, 0.25) is 0 Å². The summed E-state index contributed by atoms with van der Waals surface area (Å²) in [7, 11) is 1.31. The van der Waals surface area contributed by atoms with E-state index in [1.165, 1.54) is 7.11 Å². The Morgan fingerprint density at radius 1 is 0.840 bits per heavy atom. The van der Waals surface area contributed by atoms with Crippen molar-refractivity contribution >= 4 is 29.2 Å². The molecule has 1 fully saturated rings. The number of rotatable bonds is 5. The van der Waals surface area contributed by atoms with Crippen LogP contribution in [-0.4, -0.2) is 24.9 Å². The van der Waals surface area contributed by atoms with Gasteiger partial charge in [0.2, 0.25) is 11.8 Å². The molecule has 2 N–H and O–H groups in total. The Kier molecular flexibility index (Phi) is 4.52. The summed E-state index contributed by atoms with van der Waals surface area (Å²) in [5, 5.41) is 5.53. The number of carbonyl (C=O) groups excluding carboxylic acids is 3. The second-order valence-electron chi connectivity index (χ2n) is 5.93. The molecular weight excluding hydrogens is 320 g/mol. The van der Waals surface area contributed by atoms with Gasteiger partial charge in [-0.2, -0.15) is 0 Å². The number of methoxy groups -OCH3 is 1. The number of para-hydroxylation sites is 1. The third-order valence-corrected chi connectivity index (χ3v) is 4.21. The maximum Gasteiger partial charge on any atom is 0.337 e. The molecule has 0 aliphatic heterocycles. The van der Waals surface area contributed by atoms with Gasteiger partial charge in [0.1, 0.15) is 5.41 Å². The molecule has 0 saturated heterocycles. The first-order chi connectivity index (χ1) is 12.0. The largest absolute Gasteiger partial charge is 0.465 e. The molecule has 2 aromatic carbocycles. The molecule has 2 aromatic rings. The topological polar surface area (TPSA) is 84.5 Å². The molecule has 0 bridgehead atoms. The lowest BCUT2D eigenvalue weighted by molar-refractivity contribution is -0.131. The van der Waals surface area contributed by atoms with E-state index >= 15 is 0 Å². The molecule has 1 saturated carbocycles. The third kappa shape index (κ3) is 3.52. The predicted molar refractivity (Wildman–Crippen MR) is 93.1 cm³/mol. The average molecular weight is 338 g/mol. The molecule has 128 valence electrons. The molecule has 0 atom stereocenters. The molecule has 0 unspecified atom stereocenters. The normalized spacial score (nSPS) is 14.3. The van der Waals surface area contributed by atoms with Gasteiger partial charge < -0.3 is 15.4 Å². The Morgan fingerprint density at radius 2 is 1.36 bits per heavy atom. The lowest BCUT2D eigenvalue weighted by Crippen LogP contribution is -2.35. The Bertz CT molecular complexity index is 796. The average Bonchev–Trinajstić information content (AvgIpc) is 3.44. The molecule has 0 aromatic heterocycles. The van der Waals surface area contributed by atoms with Crippen molar-refractivity contribution in [1.29, 1.82) is 0 Å². The standard InChI is InChI=1S/C19H18N2O4/c1-25-16(22)13-7-9-15(10-8-13)21-18(24)19(11-12-19)17(23)20-14-5-3-2-4-6-14/h2-10H,11-12H2,1H3,(H,20,23)(H,21,24). The van der Waals surface area contributed by atoms with Crippen LogP contribution in [0.1, 0.15) is 23.2 Å². The van der Waals surface area contributed by atoms with E-state index in [1.807, 2.05) is 18.2 Å². The van der Waals surface area contributed by atoms with Crippen molar-refractivity contribution in [2.45, 2.75) is 12.8 Å². The summed E-state index contributed by atoms with van der Waals surface area (Å²) in [5.74, 6) is -1.09. The van der Waals surface area contributed by atoms with Crippen LogP contribution in [-0.2, 0) is 14.3 Å². The van der Waals surface area contributed by atoms with Crippen molar-refractivity contribution in [3.8, 4) is 0 Å². The monoisotopic (exact) mass is 338 g/mol. The van der Waals surface area contributed by atoms with Gasteiger partial charge in [0.05, 0.1) is 12.7 Å². The van der Waals surface area contributed by atoms with Gasteiger partial charge in [0.25, 0.3) is 0 Å². The highest BCUT2D eigenvalue weighted by atomic mass is 16.5. The van der Waals surface area contributed by atoms with Gasteiger partial charge in [0.15, 0.2) is 0 Å². The Morgan fingerprint density at radius 3 is 1.84 bits per heavy atom. The van der Waals surface area contributed by atoms with Crippen molar-refractivity contribution in [3.05, 3.63) is 60.2 Å². The molecule has 1 aliphatic rings. The molecule has 6 heteroatoms. The lowest BCUT2D eigenvalue weighted by Gasteiger charge is -2.15. The summed E-state index contributed by atoms with van der Waals surface area (Å²) in [6.07, 6.45) is 1.02. The number of ether oxygens (including phenoxy) is 1. The van der Waals surface area contributed by atoms with Crippen LogP contribution in [0.15, 0.2) is 54.6 Å².